The Morgan fingerprint density at radius 2 is 1.32 bits per heavy atom. The maximum atomic E-state index is 11.4. The number of benzene rings is 1. The smallest absolute Gasteiger partial charge is 0.236 e. The van der Waals surface area contributed by atoms with E-state index in [1.54, 1.807) is 0 Å². The first-order chi connectivity index (χ1) is 13.6. The minimum absolute atomic E-state index is 0.163. The molecule has 0 spiro atoms. The lowest BCUT2D eigenvalue weighted by molar-refractivity contribution is -0.116. The maximum absolute atomic E-state index is 11.4. The fourth-order valence-electron chi connectivity index (χ4n) is 3.63. The second kappa shape index (κ2) is 16.7. The zero-order valence-electron chi connectivity index (χ0n) is 17.9. The van der Waals surface area contributed by atoms with Crippen LogP contribution in [0.3, 0.4) is 0 Å². The summed E-state index contributed by atoms with van der Waals surface area (Å²) < 4.78 is 0. The Balaban J connectivity index is 2.07. The molecular weight excluding hydrogens is 368 g/mol. The minimum Gasteiger partial charge on any atom is -0.368 e. The number of para-hydroxylation sites is 1. The van der Waals surface area contributed by atoms with Crippen LogP contribution in [0.25, 0.3) is 0 Å². The van der Waals surface area contributed by atoms with Gasteiger partial charge in [0.1, 0.15) is 5.50 Å². The van der Waals surface area contributed by atoms with Crippen LogP contribution >= 0.6 is 11.6 Å². The van der Waals surface area contributed by atoms with Gasteiger partial charge in [-0.05, 0) is 18.6 Å². The third-order valence-electron chi connectivity index (χ3n) is 5.30. The van der Waals surface area contributed by atoms with Gasteiger partial charge in [-0.15, -0.1) is 0 Å². The van der Waals surface area contributed by atoms with Crippen LogP contribution in [0.15, 0.2) is 30.3 Å². The second-order valence-corrected chi connectivity index (χ2v) is 8.40. The van der Waals surface area contributed by atoms with Crippen molar-refractivity contribution in [3.63, 3.8) is 0 Å². The van der Waals surface area contributed by atoms with Crippen LogP contribution in [-0.4, -0.2) is 18.0 Å². The normalized spacial score (nSPS) is 12.1. The molecular formula is C24H41ClN2O. The lowest BCUT2D eigenvalue weighted by Gasteiger charge is -2.28. The summed E-state index contributed by atoms with van der Waals surface area (Å²) in [7, 11) is 0. The molecule has 1 aromatic carbocycles. The average molecular weight is 409 g/mol. The van der Waals surface area contributed by atoms with E-state index in [4.69, 9.17) is 17.3 Å². The maximum Gasteiger partial charge on any atom is 0.236 e. The highest BCUT2D eigenvalue weighted by atomic mass is 35.5. The number of nitrogens with two attached hydrogens (primary N) is 1. The van der Waals surface area contributed by atoms with Crippen molar-refractivity contribution < 1.29 is 4.79 Å². The van der Waals surface area contributed by atoms with Crippen molar-refractivity contribution in [2.24, 2.45) is 5.73 Å². The van der Waals surface area contributed by atoms with E-state index in [-0.39, 0.29) is 18.0 Å². The molecule has 0 aliphatic carbocycles. The molecule has 3 nitrogen and oxygen atoms in total. The van der Waals surface area contributed by atoms with Crippen LogP contribution < -0.4 is 10.6 Å². The van der Waals surface area contributed by atoms with E-state index in [2.05, 4.69) is 6.92 Å². The van der Waals surface area contributed by atoms with Crippen molar-refractivity contribution in [2.45, 2.75) is 102 Å². The van der Waals surface area contributed by atoms with Crippen molar-refractivity contribution in [2.75, 3.05) is 11.4 Å². The van der Waals surface area contributed by atoms with Crippen molar-refractivity contribution in [1.82, 2.24) is 0 Å². The molecule has 1 amide bonds. The number of halogens is 1. The average Bonchev–Trinajstić information content (AvgIpc) is 2.70. The Morgan fingerprint density at radius 3 is 1.79 bits per heavy atom. The summed E-state index contributed by atoms with van der Waals surface area (Å²) in [4.78, 5) is 13.3. The Morgan fingerprint density at radius 1 is 0.857 bits per heavy atom. The van der Waals surface area contributed by atoms with Gasteiger partial charge in [0.15, 0.2) is 0 Å². The van der Waals surface area contributed by atoms with Gasteiger partial charge in [-0.3, -0.25) is 4.79 Å². The molecule has 0 bridgehead atoms. The number of hydrogen-bond donors (Lipinski definition) is 1. The van der Waals surface area contributed by atoms with E-state index in [9.17, 15) is 4.79 Å². The van der Waals surface area contributed by atoms with E-state index in [0.29, 0.717) is 0 Å². The molecule has 0 saturated heterocycles. The van der Waals surface area contributed by atoms with Crippen LogP contribution in [0.1, 0.15) is 96.8 Å². The number of nitrogens with zero attached hydrogens (tertiary/aromatic N) is 1. The zero-order valence-corrected chi connectivity index (χ0v) is 18.6. The third kappa shape index (κ3) is 12.3. The van der Waals surface area contributed by atoms with Gasteiger partial charge < -0.3 is 10.6 Å². The third-order valence-corrected chi connectivity index (χ3v) is 5.75. The molecule has 0 saturated carbocycles. The second-order valence-electron chi connectivity index (χ2n) is 7.90. The molecule has 1 rings (SSSR count). The Labute approximate surface area is 178 Å². The molecule has 0 heterocycles. The summed E-state index contributed by atoms with van der Waals surface area (Å²) in [6.45, 7) is 2.43. The number of amides is 1. The topological polar surface area (TPSA) is 46.3 Å². The largest absolute Gasteiger partial charge is 0.368 e. The Hall–Kier alpha value is -1.22. The highest BCUT2D eigenvalue weighted by Gasteiger charge is 2.17. The van der Waals surface area contributed by atoms with Gasteiger partial charge in [-0.1, -0.05) is 120 Å². The molecule has 0 radical (unpaired) electrons. The predicted octanol–water partition coefficient (Wildman–Crippen LogP) is 7.02. The zero-order chi connectivity index (χ0) is 20.5. The van der Waals surface area contributed by atoms with E-state index in [1.807, 2.05) is 35.2 Å². The van der Waals surface area contributed by atoms with Gasteiger partial charge >= 0.3 is 0 Å². The molecule has 0 aromatic heterocycles. The molecule has 4 heteroatoms. The number of alkyl halides is 1. The molecule has 0 aliphatic rings. The molecule has 1 aromatic rings. The molecule has 0 fully saturated rings. The summed E-state index contributed by atoms with van der Waals surface area (Å²) in [5.74, 6) is -0.347. The van der Waals surface area contributed by atoms with Gasteiger partial charge in [0.2, 0.25) is 5.91 Å². The quantitative estimate of drug-likeness (QED) is 0.161. The number of anilines is 1. The lowest BCUT2D eigenvalue weighted by Crippen LogP contribution is -2.38. The van der Waals surface area contributed by atoms with Gasteiger partial charge in [-0.25, -0.2) is 0 Å². The Bertz CT molecular complexity index is 495. The number of primary amides is 1. The fraction of sp³-hybridized carbons (Fsp3) is 0.708. The number of hydrogen-bond acceptors (Lipinski definition) is 2. The highest BCUT2D eigenvalue weighted by Crippen LogP contribution is 2.22. The van der Waals surface area contributed by atoms with Crippen molar-refractivity contribution in [3.8, 4) is 0 Å². The van der Waals surface area contributed by atoms with E-state index < -0.39 is 0 Å². The summed E-state index contributed by atoms with van der Waals surface area (Å²) in [6, 6.07) is 9.82. The minimum atomic E-state index is -0.347. The van der Waals surface area contributed by atoms with E-state index >= 15 is 0 Å². The first-order valence-corrected chi connectivity index (χ1v) is 11.8. The summed E-state index contributed by atoms with van der Waals surface area (Å²) in [5.41, 5.74) is 6.17. The first kappa shape index (κ1) is 24.8. The number of rotatable bonds is 18. The van der Waals surface area contributed by atoms with Crippen LogP contribution in [0, 0.1) is 0 Å². The molecule has 1 atom stereocenters. The highest BCUT2D eigenvalue weighted by molar-refractivity contribution is 6.22. The number of unbranched alkanes of at least 4 members (excludes halogenated alkanes) is 12. The van der Waals surface area contributed by atoms with Crippen LogP contribution in [0.2, 0.25) is 0 Å². The SMILES string of the molecule is CCCCCCCCCCCCCCCC(Cl)N(CC(N)=O)c1ccccc1. The number of carbonyl (C=O) groups excluding carboxylic acids is 1. The van der Waals surface area contributed by atoms with Gasteiger partial charge in [0.25, 0.3) is 0 Å². The molecule has 160 valence electrons. The van der Waals surface area contributed by atoms with Crippen LogP contribution in [-0.2, 0) is 4.79 Å². The van der Waals surface area contributed by atoms with E-state index in [0.717, 1.165) is 18.5 Å². The summed E-state index contributed by atoms with van der Waals surface area (Å²) in [6.07, 6.45) is 18.3. The standard InChI is InChI=1S/C24H41ClN2O/c1-2-3-4-5-6-7-8-9-10-11-12-13-17-20-23(25)27(21-24(26)28)22-18-15-14-16-19-22/h14-16,18-19,23H,2-13,17,20-21H2,1H3,(H2,26,28). The predicted molar refractivity (Wildman–Crippen MR) is 123 cm³/mol. The van der Waals surface area contributed by atoms with E-state index in [1.165, 1.54) is 77.0 Å². The van der Waals surface area contributed by atoms with Crippen molar-refractivity contribution in [1.29, 1.82) is 0 Å². The molecule has 0 aliphatic heterocycles. The van der Waals surface area contributed by atoms with Gasteiger partial charge in [0.05, 0.1) is 6.54 Å². The fourth-order valence-corrected chi connectivity index (χ4v) is 3.96. The molecule has 1 unspecified atom stereocenters. The number of carbonyl (C=O) groups is 1. The van der Waals surface area contributed by atoms with Gasteiger partial charge in [-0.2, -0.15) is 0 Å². The first-order valence-electron chi connectivity index (χ1n) is 11.4. The summed E-state index contributed by atoms with van der Waals surface area (Å²) >= 11 is 6.59. The van der Waals surface area contributed by atoms with Crippen molar-refractivity contribution >= 4 is 23.2 Å². The molecule has 2 N–H and O–H groups in total. The monoisotopic (exact) mass is 408 g/mol. The summed E-state index contributed by atoms with van der Waals surface area (Å²) in [5, 5.41) is 0. The van der Waals surface area contributed by atoms with Gasteiger partial charge in [0, 0.05) is 5.69 Å². The Kier molecular flexibility index (Phi) is 14.8. The van der Waals surface area contributed by atoms with Crippen molar-refractivity contribution in [3.05, 3.63) is 30.3 Å². The van der Waals surface area contributed by atoms with Crippen LogP contribution in [0.5, 0.6) is 0 Å². The van der Waals surface area contributed by atoms with Crippen LogP contribution in [0.4, 0.5) is 5.69 Å². The molecule has 28 heavy (non-hydrogen) atoms. The lowest BCUT2D eigenvalue weighted by atomic mass is 10.0.